The van der Waals surface area contributed by atoms with E-state index in [1.165, 1.54) is 13.2 Å². The maximum atomic E-state index is 12.7. The molecule has 6 nitrogen and oxygen atoms in total. The van der Waals surface area contributed by atoms with E-state index >= 15 is 0 Å². The van der Waals surface area contributed by atoms with Gasteiger partial charge < -0.3 is 9.47 Å². The summed E-state index contributed by atoms with van der Waals surface area (Å²) in [6.07, 6.45) is 3.05. The molecule has 0 aromatic heterocycles. The number of hydrogen-bond donors (Lipinski definition) is 0. The summed E-state index contributed by atoms with van der Waals surface area (Å²) in [5.41, 5.74) is 1.19. The zero-order valence-electron chi connectivity index (χ0n) is 14.3. The number of ether oxygens (including phenoxy) is 2. The maximum absolute atomic E-state index is 12.7. The lowest BCUT2D eigenvalue weighted by Gasteiger charge is -2.26. The van der Waals surface area contributed by atoms with Gasteiger partial charge in [0.15, 0.2) is 0 Å². The van der Waals surface area contributed by atoms with Crippen molar-refractivity contribution >= 4 is 17.9 Å². The summed E-state index contributed by atoms with van der Waals surface area (Å²) in [6.45, 7) is 5.17. The van der Waals surface area contributed by atoms with Gasteiger partial charge in [0.05, 0.1) is 14.2 Å². The molecular weight excluding hydrogens is 320 g/mol. The lowest BCUT2D eigenvalue weighted by molar-refractivity contribution is -0.139. The minimum Gasteiger partial charge on any atom is -0.497 e. The van der Waals surface area contributed by atoms with E-state index in [-0.39, 0.29) is 17.7 Å². The SMILES string of the molecule is C=CCN1C(=O)C(C#N)=C(C)/C(=C\c2ccc(OC)cc2OC)C1=O. The summed E-state index contributed by atoms with van der Waals surface area (Å²) in [6, 6.07) is 7.05. The van der Waals surface area contributed by atoms with Crippen LogP contribution >= 0.6 is 0 Å². The van der Waals surface area contributed by atoms with Gasteiger partial charge in [0.2, 0.25) is 0 Å². The first-order valence-electron chi connectivity index (χ1n) is 7.50. The molecule has 0 N–H and O–H groups in total. The molecule has 1 aliphatic rings. The predicted molar refractivity (Wildman–Crippen MR) is 92.8 cm³/mol. The van der Waals surface area contributed by atoms with Crippen LogP contribution in [0.3, 0.4) is 0 Å². The number of benzene rings is 1. The van der Waals surface area contributed by atoms with Crippen LogP contribution < -0.4 is 9.47 Å². The largest absolute Gasteiger partial charge is 0.497 e. The molecule has 1 aromatic carbocycles. The summed E-state index contributed by atoms with van der Waals surface area (Å²) < 4.78 is 10.5. The summed E-state index contributed by atoms with van der Waals surface area (Å²) in [7, 11) is 3.05. The minimum atomic E-state index is -0.608. The number of amides is 2. The molecule has 2 amide bonds. The fourth-order valence-corrected chi connectivity index (χ4v) is 2.52. The van der Waals surface area contributed by atoms with Crippen molar-refractivity contribution in [2.24, 2.45) is 0 Å². The zero-order chi connectivity index (χ0) is 18.6. The number of imide groups is 1. The van der Waals surface area contributed by atoms with E-state index in [0.29, 0.717) is 22.6 Å². The lowest BCUT2D eigenvalue weighted by Crippen LogP contribution is -2.42. The summed E-state index contributed by atoms with van der Waals surface area (Å²) >= 11 is 0. The first kappa shape index (κ1) is 18.0. The van der Waals surface area contributed by atoms with Crippen molar-refractivity contribution in [1.82, 2.24) is 4.90 Å². The Labute approximate surface area is 146 Å². The third kappa shape index (κ3) is 3.31. The third-order valence-electron chi connectivity index (χ3n) is 3.88. The van der Waals surface area contributed by atoms with Crippen LogP contribution in [-0.4, -0.2) is 37.5 Å². The number of carbonyl (C=O) groups excluding carboxylic acids is 2. The van der Waals surface area contributed by atoms with Crippen LogP contribution in [0.2, 0.25) is 0 Å². The van der Waals surface area contributed by atoms with Crippen LogP contribution in [0.4, 0.5) is 0 Å². The van der Waals surface area contributed by atoms with Crippen molar-refractivity contribution in [2.75, 3.05) is 20.8 Å². The molecule has 0 atom stereocenters. The van der Waals surface area contributed by atoms with Crippen molar-refractivity contribution < 1.29 is 19.1 Å². The number of carbonyl (C=O) groups is 2. The highest BCUT2D eigenvalue weighted by atomic mass is 16.5. The van der Waals surface area contributed by atoms with Gasteiger partial charge in [0.25, 0.3) is 11.8 Å². The van der Waals surface area contributed by atoms with Crippen molar-refractivity contribution in [1.29, 1.82) is 5.26 Å². The van der Waals surface area contributed by atoms with Crippen LogP contribution in [0.15, 0.2) is 47.6 Å². The van der Waals surface area contributed by atoms with E-state index < -0.39 is 11.8 Å². The molecule has 1 aliphatic heterocycles. The number of rotatable bonds is 5. The Hall–Kier alpha value is -3.33. The molecule has 1 aromatic rings. The topological polar surface area (TPSA) is 79.6 Å². The summed E-state index contributed by atoms with van der Waals surface area (Å²) in [4.78, 5) is 26.0. The highest BCUT2D eigenvalue weighted by Crippen LogP contribution is 2.31. The molecule has 6 heteroatoms. The van der Waals surface area contributed by atoms with E-state index in [4.69, 9.17) is 9.47 Å². The minimum absolute atomic E-state index is 0.0349. The average molecular weight is 338 g/mol. The second-order valence-corrected chi connectivity index (χ2v) is 5.29. The van der Waals surface area contributed by atoms with Gasteiger partial charge in [-0.25, -0.2) is 0 Å². The molecular formula is C19H18N2O4. The molecule has 0 unspecified atom stereocenters. The van der Waals surface area contributed by atoms with E-state index in [0.717, 1.165) is 4.90 Å². The van der Waals surface area contributed by atoms with Gasteiger partial charge in [-0.1, -0.05) is 6.08 Å². The van der Waals surface area contributed by atoms with Crippen molar-refractivity contribution in [3.63, 3.8) is 0 Å². The molecule has 0 radical (unpaired) electrons. The molecule has 0 saturated carbocycles. The first-order valence-corrected chi connectivity index (χ1v) is 7.50. The van der Waals surface area contributed by atoms with E-state index in [2.05, 4.69) is 6.58 Å². The van der Waals surface area contributed by atoms with Crippen LogP contribution in [0.5, 0.6) is 11.5 Å². The fraction of sp³-hybridized carbons (Fsp3) is 0.211. The molecule has 1 heterocycles. The molecule has 0 bridgehead atoms. The number of hydrogen-bond acceptors (Lipinski definition) is 5. The van der Waals surface area contributed by atoms with Gasteiger partial charge in [-0.3, -0.25) is 14.5 Å². The smallest absolute Gasteiger partial charge is 0.271 e. The van der Waals surface area contributed by atoms with Gasteiger partial charge in [-0.2, -0.15) is 5.26 Å². The van der Waals surface area contributed by atoms with Gasteiger partial charge in [-0.05, 0) is 30.7 Å². The van der Waals surface area contributed by atoms with Gasteiger partial charge >= 0.3 is 0 Å². The van der Waals surface area contributed by atoms with E-state index in [1.54, 1.807) is 38.3 Å². The quantitative estimate of drug-likeness (QED) is 0.468. The highest BCUT2D eigenvalue weighted by Gasteiger charge is 2.34. The van der Waals surface area contributed by atoms with Crippen LogP contribution in [0.1, 0.15) is 12.5 Å². The average Bonchev–Trinajstić information content (AvgIpc) is 2.62. The third-order valence-corrected chi connectivity index (χ3v) is 3.88. The molecule has 0 saturated heterocycles. The van der Waals surface area contributed by atoms with Gasteiger partial charge in [-0.15, -0.1) is 6.58 Å². The number of nitriles is 1. The lowest BCUT2D eigenvalue weighted by atomic mass is 9.93. The fourth-order valence-electron chi connectivity index (χ4n) is 2.52. The highest BCUT2D eigenvalue weighted by molar-refractivity contribution is 6.19. The first-order chi connectivity index (χ1) is 12.0. The van der Waals surface area contributed by atoms with Crippen molar-refractivity contribution in [3.05, 3.63) is 53.1 Å². The van der Waals surface area contributed by atoms with Gasteiger partial charge in [0.1, 0.15) is 23.1 Å². The summed E-state index contributed by atoms with van der Waals surface area (Å²) in [5, 5.41) is 9.30. The number of nitrogens with zero attached hydrogens (tertiary/aromatic N) is 2. The Bertz CT molecular complexity index is 843. The Morgan fingerprint density at radius 1 is 1.24 bits per heavy atom. The van der Waals surface area contributed by atoms with E-state index in [9.17, 15) is 14.9 Å². The van der Waals surface area contributed by atoms with Crippen LogP contribution in [0.25, 0.3) is 6.08 Å². The number of methoxy groups -OCH3 is 2. The molecule has 2 rings (SSSR count). The van der Waals surface area contributed by atoms with Crippen LogP contribution in [-0.2, 0) is 9.59 Å². The Morgan fingerprint density at radius 3 is 2.52 bits per heavy atom. The second-order valence-electron chi connectivity index (χ2n) is 5.29. The van der Waals surface area contributed by atoms with Crippen LogP contribution in [0, 0.1) is 11.3 Å². The van der Waals surface area contributed by atoms with Gasteiger partial charge in [0, 0.05) is 23.7 Å². The standard InChI is InChI=1S/C19H18N2O4/c1-5-8-21-18(22)15(12(2)16(11-20)19(21)23)9-13-6-7-14(24-3)10-17(13)25-4/h5-7,9-10H,1,8H2,2-4H3/b15-9+. The Balaban J connectivity index is 2.63. The second kappa shape index (κ2) is 7.49. The van der Waals surface area contributed by atoms with Crippen molar-refractivity contribution in [2.45, 2.75) is 6.92 Å². The Kier molecular flexibility index (Phi) is 5.40. The molecule has 25 heavy (non-hydrogen) atoms. The molecule has 0 spiro atoms. The van der Waals surface area contributed by atoms with E-state index in [1.807, 2.05) is 6.07 Å². The maximum Gasteiger partial charge on any atom is 0.271 e. The normalized spacial score (nSPS) is 16.1. The molecule has 0 aliphatic carbocycles. The monoisotopic (exact) mass is 338 g/mol. The predicted octanol–water partition coefficient (Wildman–Crippen LogP) is 2.48. The summed E-state index contributed by atoms with van der Waals surface area (Å²) in [5.74, 6) is 0.0450. The molecule has 128 valence electrons. The molecule has 0 fully saturated rings. The van der Waals surface area contributed by atoms with Crippen molar-refractivity contribution in [3.8, 4) is 17.6 Å². The Morgan fingerprint density at radius 2 is 1.96 bits per heavy atom. The zero-order valence-corrected chi connectivity index (χ0v) is 14.3.